The first-order valence-electron chi connectivity index (χ1n) is 12.3. The van der Waals surface area contributed by atoms with Gasteiger partial charge in [0, 0.05) is 12.0 Å². The van der Waals surface area contributed by atoms with E-state index < -0.39 is 29.6 Å². The van der Waals surface area contributed by atoms with Gasteiger partial charge >= 0.3 is 5.96 Å². The van der Waals surface area contributed by atoms with Gasteiger partial charge in [-0.25, -0.2) is 10.3 Å². The number of nitrogens with zero attached hydrogens (tertiary/aromatic N) is 2. The highest BCUT2D eigenvalue weighted by Crippen LogP contribution is 2.41. The molecule has 1 amide bonds. The zero-order valence-corrected chi connectivity index (χ0v) is 20.5. The van der Waals surface area contributed by atoms with E-state index in [0.717, 1.165) is 36.8 Å². The fourth-order valence-corrected chi connectivity index (χ4v) is 5.86. The van der Waals surface area contributed by atoms with Crippen LogP contribution in [0.15, 0.2) is 23.2 Å². The Morgan fingerprint density at radius 2 is 1.97 bits per heavy atom. The van der Waals surface area contributed by atoms with E-state index in [9.17, 15) is 19.8 Å². The highest BCUT2D eigenvalue weighted by Gasteiger charge is 2.76. The molecule has 9 N–H and O–H groups in total. The van der Waals surface area contributed by atoms with Crippen molar-refractivity contribution in [2.45, 2.75) is 82.5 Å². The summed E-state index contributed by atoms with van der Waals surface area (Å²) in [6.07, 6.45) is 3.89. The topological polar surface area (TPSA) is 180 Å². The molecule has 0 bridgehead atoms. The summed E-state index contributed by atoms with van der Waals surface area (Å²) in [5.74, 6) is -2.82. The smallest absolute Gasteiger partial charge is 0.343 e. The molecule has 1 aromatic rings. The normalized spacial score (nSPS) is 29.9. The summed E-state index contributed by atoms with van der Waals surface area (Å²) in [5.41, 5.74) is 13.3. The van der Waals surface area contributed by atoms with Gasteiger partial charge in [0.25, 0.3) is 11.6 Å². The summed E-state index contributed by atoms with van der Waals surface area (Å²) >= 11 is 0. The van der Waals surface area contributed by atoms with Crippen LogP contribution in [0.4, 0.5) is 0 Å². The maximum absolute atomic E-state index is 13.3. The first-order valence-corrected chi connectivity index (χ1v) is 12.3. The third kappa shape index (κ3) is 3.82. The molecule has 3 heterocycles. The van der Waals surface area contributed by atoms with E-state index in [1.165, 1.54) is 11.8 Å². The average Bonchev–Trinajstić information content (AvgIpc) is 3.29. The molecule has 190 valence electrons. The Morgan fingerprint density at radius 1 is 1.26 bits per heavy atom. The van der Waals surface area contributed by atoms with Gasteiger partial charge in [0.15, 0.2) is 12.0 Å². The van der Waals surface area contributed by atoms with Crippen LogP contribution in [0.3, 0.4) is 0 Å². The third-order valence-corrected chi connectivity index (χ3v) is 7.33. The van der Waals surface area contributed by atoms with Gasteiger partial charge in [0.2, 0.25) is 5.79 Å². The predicted molar refractivity (Wildman–Crippen MR) is 130 cm³/mol. The Kier molecular flexibility index (Phi) is 6.50. The van der Waals surface area contributed by atoms with Gasteiger partial charge in [-0.2, -0.15) is 0 Å². The molecule has 4 atom stereocenters. The molecule has 1 saturated heterocycles. The second kappa shape index (κ2) is 9.12. The van der Waals surface area contributed by atoms with Crippen molar-refractivity contribution in [3.8, 4) is 0 Å². The van der Waals surface area contributed by atoms with E-state index in [4.69, 9.17) is 11.5 Å². The van der Waals surface area contributed by atoms with E-state index in [0.29, 0.717) is 5.56 Å². The monoisotopic (exact) mass is 486 g/mol. The van der Waals surface area contributed by atoms with Gasteiger partial charge in [-0.05, 0) is 49.8 Å². The van der Waals surface area contributed by atoms with E-state index >= 15 is 0 Å². The number of Topliss-reactive ketones (excluding diaryl/α,β-unsaturated/α-hetero) is 1. The molecule has 11 heteroatoms. The molecule has 0 unspecified atom stereocenters. The number of benzene rings is 1. The predicted octanol–water partition coefficient (Wildman–Crippen LogP) is -2.57. The Labute approximate surface area is 204 Å². The summed E-state index contributed by atoms with van der Waals surface area (Å²) in [5, 5.41) is 28.7. The molecule has 0 aromatic heterocycles. The van der Waals surface area contributed by atoms with E-state index in [1.807, 2.05) is 26.0 Å². The Balaban J connectivity index is 0.00000141. The largest absolute Gasteiger partial charge is 0.370 e. The zero-order chi connectivity index (χ0) is 25.5. The van der Waals surface area contributed by atoms with Gasteiger partial charge in [0.1, 0.15) is 11.8 Å². The first kappa shape index (κ1) is 24.9. The van der Waals surface area contributed by atoms with Gasteiger partial charge in [0.05, 0.1) is 12.6 Å². The second-order valence-corrected chi connectivity index (χ2v) is 9.40. The van der Waals surface area contributed by atoms with Crippen molar-refractivity contribution in [3.05, 3.63) is 34.9 Å². The standard InChI is InChI=1S/C22H29N7O4.C2H6/c1-11(30)9-15-17-21(28-19(23)27-17)22(32,33)16(10-29(21)20(24)25-15)26-18(31)14-8-4-6-12-5-2-3-7-13(12)14;1-2/h4,6,8,15-17,32-33H,2-3,5,7,9-10H2,1H3,(H2,24,25)(H,26,31)(H3,23,27,28);1-2H3/p+1/t15-,16-,17-,21-;/m0./s1. The summed E-state index contributed by atoms with van der Waals surface area (Å²) in [6.45, 7) is 5.43. The number of hydrogen-bond donors (Lipinski definition) is 7. The number of fused-ring (bicyclic) bond motifs is 1. The van der Waals surface area contributed by atoms with Crippen molar-refractivity contribution in [1.29, 1.82) is 0 Å². The maximum Gasteiger partial charge on any atom is 0.343 e. The summed E-state index contributed by atoms with van der Waals surface area (Å²) in [4.78, 5) is 34.0. The van der Waals surface area contributed by atoms with Crippen molar-refractivity contribution >= 4 is 23.6 Å². The summed E-state index contributed by atoms with van der Waals surface area (Å²) < 4.78 is 0. The molecule has 35 heavy (non-hydrogen) atoms. The van der Waals surface area contributed by atoms with Crippen LogP contribution in [0.2, 0.25) is 0 Å². The quantitative estimate of drug-likeness (QED) is 0.227. The molecule has 0 radical (unpaired) electrons. The lowest BCUT2D eigenvalue weighted by molar-refractivity contribution is -0.521. The van der Waals surface area contributed by atoms with Crippen molar-refractivity contribution < 1.29 is 24.8 Å². The molecule has 3 aliphatic heterocycles. The minimum atomic E-state index is -2.48. The molecule has 4 aliphatic rings. The van der Waals surface area contributed by atoms with Crippen molar-refractivity contribution in [1.82, 2.24) is 15.5 Å². The van der Waals surface area contributed by atoms with Crippen LogP contribution >= 0.6 is 0 Å². The number of ketones is 1. The van der Waals surface area contributed by atoms with Crippen LogP contribution in [0.25, 0.3) is 0 Å². The number of amides is 1. The molecular formula is C24H36N7O4+. The number of aliphatic imine (C=N–C) groups is 1. The van der Waals surface area contributed by atoms with Gasteiger partial charge in [-0.1, -0.05) is 26.0 Å². The number of aryl methyl sites for hydroxylation is 1. The van der Waals surface area contributed by atoms with E-state index in [2.05, 4.69) is 20.6 Å². The molecule has 1 aromatic carbocycles. The lowest BCUT2D eigenvalue weighted by atomic mass is 9.83. The first-order chi connectivity index (χ1) is 16.6. The fourth-order valence-electron chi connectivity index (χ4n) is 5.86. The Hall–Kier alpha value is -3.18. The number of nitrogens with one attached hydrogen (secondary N) is 3. The van der Waals surface area contributed by atoms with Gasteiger partial charge in [-0.15, -0.1) is 0 Å². The maximum atomic E-state index is 13.3. The fraction of sp³-hybridized carbons (Fsp3) is 0.583. The lowest BCUT2D eigenvalue weighted by Gasteiger charge is -2.46. The van der Waals surface area contributed by atoms with Crippen LogP contribution in [-0.4, -0.2) is 74.8 Å². The van der Waals surface area contributed by atoms with Crippen LogP contribution in [0, 0.1) is 0 Å². The van der Waals surface area contributed by atoms with E-state index in [1.54, 1.807) is 6.07 Å². The number of aliphatic hydroxyl groups is 2. The van der Waals surface area contributed by atoms with Crippen molar-refractivity contribution in [2.24, 2.45) is 16.5 Å². The Morgan fingerprint density at radius 3 is 2.69 bits per heavy atom. The molecule has 11 nitrogen and oxygen atoms in total. The number of rotatable bonds is 4. The average molecular weight is 487 g/mol. The minimum Gasteiger partial charge on any atom is -0.370 e. The van der Waals surface area contributed by atoms with Gasteiger partial charge in [-0.3, -0.25) is 25.2 Å². The second-order valence-electron chi connectivity index (χ2n) is 9.40. The lowest BCUT2D eigenvalue weighted by Crippen LogP contribution is -2.90. The molecule has 1 aliphatic carbocycles. The number of carbonyl (C=O) groups is 2. The van der Waals surface area contributed by atoms with Crippen LogP contribution in [0.1, 0.15) is 61.5 Å². The molecule has 5 rings (SSSR count). The third-order valence-electron chi connectivity index (χ3n) is 7.33. The number of hydrogen-bond acceptors (Lipinski definition) is 9. The number of guanidine groups is 2. The van der Waals surface area contributed by atoms with E-state index in [-0.39, 0.29) is 36.6 Å². The highest BCUT2D eigenvalue weighted by atomic mass is 16.5. The van der Waals surface area contributed by atoms with Gasteiger partial charge < -0.3 is 21.3 Å². The van der Waals surface area contributed by atoms with Crippen molar-refractivity contribution in [2.75, 3.05) is 6.54 Å². The molecule has 1 spiro atoms. The highest BCUT2D eigenvalue weighted by molar-refractivity contribution is 5.96. The molecule has 0 saturated carbocycles. The van der Waals surface area contributed by atoms with Crippen LogP contribution in [-0.2, 0) is 17.6 Å². The number of carbonyl (C=O) groups excluding carboxylic acids is 2. The minimum absolute atomic E-state index is 0.00561. The Bertz CT molecular complexity index is 1090. The molecule has 1 fully saturated rings. The summed E-state index contributed by atoms with van der Waals surface area (Å²) in [6, 6.07) is 3.13. The SMILES string of the molecule is CC.CC(=O)C[C@@H]1N=C(N)N2C[C@H](NC(=O)c3cccc4c3CCCC4)C(O)(O)[C@@]23NC(N)=[NH+][C@@H]13. The zero-order valence-electron chi connectivity index (χ0n) is 20.5. The van der Waals surface area contributed by atoms with Crippen LogP contribution < -0.4 is 27.1 Å². The molecular weight excluding hydrogens is 450 g/mol. The number of nitrogens with two attached hydrogens (primary N) is 2. The van der Waals surface area contributed by atoms with Crippen molar-refractivity contribution in [3.63, 3.8) is 0 Å². The summed E-state index contributed by atoms with van der Waals surface area (Å²) in [7, 11) is 0. The van der Waals surface area contributed by atoms with Crippen LogP contribution in [0.5, 0.6) is 0 Å².